The van der Waals surface area contributed by atoms with Gasteiger partial charge < -0.3 is 14.5 Å². The molecule has 0 spiro atoms. The van der Waals surface area contributed by atoms with Crippen molar-refractivity contribution in [3.05, 3.63) is 66.0 Å². The van der Waals surface area contributed by atoms with Gasteiger partial charge in [0.2, 0.25) is 5.91 Å². The minimum Gasteiger partial charge on any atom is -0.361 e. The van der Waals surface area contributed by atoms with Crippen LogP contribution in [0.3, 0.4) is 0 Å². The third kappa shape index (κ3) is 3.52. The number of carbonyl (C=O) groups is 2. The number of rotatable bonds is 3. The van der Waals surface area contributed by atoms with Gasteiger partial charge in [-0.25, -0.2) is 4.39 Å². The summed E-state index contributed by atoms with van der Waals surface area (Å²) in [5.74, 6) is -0.464. The minimum absolute atomic E-state index is 0.00613. The maximum atomic E-state index is 13.4. The molecule has 2 saturated heterocycles. The molecular weight excluding hydrogens is 359 g/mol. The Labute approximate surface area is 163 Å². The molecule has 2 atom stereocenters. The third-order valence-corrected chi connectivity index (χ3v) is 5.62. The molecule has 5 nitrogen and oxygen atoms in total. The first kappa shape index (κ1) is 18.6. The molecule has 0 saturated carbocycles. The van der Waals surface area contributed by atoms with Crippen molar-refractivity contribution in [2.75, 3.05) is 24.6 Å². The molecule has 2 fully saturated rings. The van der Waals surface area contributed by atoms with Gasteiger partial charge >= 0.3 is 0 Å². The fourth-order valence-corrected chi connectivity index (χ4v) is 4.22. The number of likely N-dealkylation sites (tertiary alicyclic amines) is 1. The number of piperidine rings is 1. The second-order valence-corrected chi connectivity index (χ2v) is 7.63. The molecular formula is C22H23FN2O3. The van der Waals surface area contributed by atoms with E-state index < -0.39 is 5.60 Å². The van der Waals surface area contributed by atoms with Crippen molar-refractivity contribution in [3.63, 3.8) is 0 Å². The van der Waals surface area contributed by atoms with E-state index in [2.05, 4.69) is 0 Å². The van der Waals surface area contributed by atoms with E-state index in [4.69, 9.17) is 4.74 Å². The first-order valence-electron chi connectivity index (χ1n) is 9.49. The number of hydrogen-bond acceptors (Lipinski definition) is 3. The number of morpholine rings is 1. The van der Waals surface area contributed by atoms with Crippen LogP contribution in [0.5, 0.6) is 0 Å². The lowest BCUT2D eigenvalue weighted by molar-refractivity contribution is -0.158. The maximum absolute atomic E-state index is 13.4. The number of hydrogen-bond donors (Lipinski definition) is 0. The summed E-state index contributed by atoms with van der Waals surface area (Å²) in [7, 11) is 0. The van der Waals surface area contributed by atoms with E-state index in [0.717, 1.165) is 5.69 Å². The van der Waals surface area contributed by atoms with Crippen LogP contribution in [0, 0.1) is 5.82 Å². The van der Waals surface area contributed by atoms with Crippen LogP contribution in [0.4, 0.5) is 10.1 Å². The lowest BCUT2D eigenvalue weighted by Gasteiger charge is -2.52. The molecule has 0 N–H and O–H groups in total. The summed E-state index contributed by atoms with van der Waals surface area (Å²) in [6.45, 7) is 2.90. The summed E-state index contributed by atoms with van der Waals surface area (Å²) in [5.41, 5.74) is 0.870. The molecule has 2 aliphatic rings. The maximum Gasteiger partial charge on any atom is 0.253 e. The molecule has 146 valence electrons. The highest BCUT2D eigenvalue weighted by Crippen LogP contribution is 2.36. The fraction of sp³-hybridized carbons (Fsp3) is 0.364. The molecule has 28 heavy (non-hydrogen) atoms. The second kappa shape index (κ2) is 7.36. The average Bonchev–Trinajstić information content (AvgIpc) is 2.68. The van der Waals surface area contributed by atoms with Gasteiger partial charge in [0.1, 0.15) is 18.0 Å². The Morgan fingerprint density at radius 2 is 2.00 bits per heavy atom. The monoisotopic (exact) mass is 382 g/mol. The molecule has 0 bridgehead atoms. The minimum atomic E-state index is -0.639. The first-order chi connectivity index (χ1) is 13.5. The molecule has 6 heteroatoms. The van der Waals surface area contributed by atoms with Crippen LogP contribution in [0.15, 0.2) is 54.6 Å². The standard InChI is InChI=1S/C22H23FN2O3/c1-22-15-24(20(26)13-16-6-5-7-17(23)12-16)11-10-19(22)25(21(27)14-28-22)18-8-3-2-4-9-18/h2-9,12,19H,10-11,13-15H2,1H3/t19-,22-/m1/s1. The molecule has 0 aliphatic carbocycles. The van der Waals surface area contributed by atoms with Gasteiger partial charge in [0.05, 0.1) is 19.0 Å². The number of ether oxygens (including phenoxy) is 1. The molecule has 2 amide bonds. The Kier molecular flexibility index (Phi) is 4.89. The SMILES string of the molecule is C[C@@]12CN(C(=O)Cc3cccc(F)c3)CC[C@H]1N(c1ccccc1)C(=O)CO2. The molecule has 2 aliphatic heterocycles. The predicted molar refractivity (Wildman–Crippen MR) is 103 cm³/mol. The molecule has 4 rings (SSSR count). The highest BCUT2D eigenvalue weighted by atomic mass is 19.1. The van der Waals surface area contributed by atoms with Crippen molar-refractivity contribution in [1.29, 1.82) is 0 Å². The van der Waals surface area contributed by atoms with Gasteiger partial charge in [-0.2, -0.15) is 0 Å². The molecule has 2 aromatic rings. The highest BCUT2D eigenvalue weighted by molar-refractivity contribution is 5.96. The van der Waals surface area contributed by atoms with E-state index in [-0.39, 0.29) is 36.7 Å². The smallest absolute Gasteiger partial charge is 0.253 e. The Hall–Kier alpha value is -2.73. The van der Waals surface area contributed by atoms with Crippen LogP contribution in [0.25, 0.3) is 0 Å². The van der Waals surface area contributed by atoms with Crippen molar-refractivity contribution < 1.29 is 18.7 Å². The van der Waals surface area contributed by atoms with E-state index in [1.807, 2.05) is 42.2 Å². The Morgan fingerprint density at radius 1 is 1.21 bits per heavy atom. The zero-order valence-electron chi connectivity index (χ0n) is 15.8. The molecule has 0 unspecified atom stereocenters. The molecule has 2 heterocycles. The van der Waals surface area contributed by atoms with Gasteiger partial charge in [0, 0.05) is 12.2 Å². The van der Waals surface area contributed by atoms with Gasteiger partial charge in [-0.15, -0.1) is 0 Å². The van der Waals surface area contributed by atoms with Gasteiger partial charge in [0.15, 0.2) is 0 Å². The largest absolute Gasteiger partial charge is 0.361 e. The lowest BCUT2D eigenvalue weighted by atomic mass is 9.85. The number of amides is 2. The Balaban J connectivity index is 1.51. The number of fused-ring (bicyclic) bond motifs is 1. The van der Waals surface area contributed by atoms with Crippen molar-refractivity contribution >= 4 is 17.5 Å². The summed E-state index contributed by atoms with van der Waals surface area (Å²) in [6, 6.07) is 15.6. The Bertz CT molecular complexity index is 888. The van der Waals surface area contributed by atoms with Crippen LogP contribution >= 0.6 is 0 Å². The van der Waals surface area contributed by atoms with Crippen LogP contribution < -0.4 is 4.90 Å². The van der Waals surface area contributed by atoms with Crippen LogP contribution in [0.2, 0.25) is 0 Å². The van der Waals surface area contributed by atoms with Crippen molar-refractivity contribution in [2.45, 2.75) is 31.4 Å². The van der Waals surface area contributed by atoms with E-state index in [1.165, 1.54) is 12.1 Å². The number of nitrogens with zero attached hydrogens (tertiary/aromatic N) is 2. The number of anilines is 1. The second-order valence-electron chi connectivity index (χ2n) is 7.63. The molecule has 2 aromatic carbocycles. The molecule has 0 aromatic heterocycles. The third-order valence-electron chi connectivity index (χ3n) is 5.62. The fourth-order valence-electron chi connectivity index (χ4n) is 4.22. The summed E-state index contributed by atoms with van der Waals surface area (Å²) < 4.78 is 19.3. The quantitative estimate of drug-likeness (QED) is 0.820. The summed E-state index contributed by atoms with van der Waals surface area (Å²) in [4.78, 5) is 28.9. The van der Waals surface area contributed by atoms with Crippen LogP contribution in [-0.2, 0) is 20.7 Å². The Morgan fingerprint density at radius 3 is 2.75 bits per heavy atom. The van der Waals surface area contributed by atoms with Crippen LogP contribution in [0.1, 0.15) is 18.9 Å². The zero-order chi connectivity index (χ0) is 19.7. The van der Waals surface area contributed by atoms with E-state index in [0.29, 0.717) is 25.1 Å². The lowest BCUT2D eigenvalue weighted by Crippen LogP contribution is -2.68. The van der Waals surface area contributed by atoms with Gasteiger partial charge in [0.25, 0.3) is 5.91 Å². The van der Waals surface area contributed by atoms with Gasteiger partial charge in [-0.3, -0.25) is 9.59 Å². The van der Waals surface area contributed by atoms with Crippen molar-refractivity contribution in [2.24, 2.45) is 0 Å². The number of benzene rings is 2. The highest BCUT2D eigenvalue weighted by Gasteiger charge is 2.50. The average molecular weight is 382 g/mol. The summed E-state index contributed by atoms with van der Waals surface area (Å²) in [6.07, 6.45) is 0.784. The first-order valence-corrected chi connectivity index (χ1v) is 9.49. The van der Waals surface area contributed by atoms with E-state index in [1.54, 1.807) is 17.0 Å². The summed E-state index contributed by atoms with van der Waals surface area (Å²) >= 11 is 0. The molecule has 0 radical (unpaired) electrons. The van der Waals surface area contributed by atoms with Gasteiger partial charge in [-0.1, -0.05) is 30.3 Å². The topological polar surface area (TPSA) is 49.9 Å². The number of halogens is 1. The predicted octanol–water partition coefficient (Wildman–Crippen LogP) is 2.79. The zero-order valence-corrected chi connectivity index (χ0v) is 15.8. The van der Waals surface area contributed by atoms with E-state index >= 15 is 0 Å². The summed E-state index contributed by atoms with van der Waals surface area (Å²) in [5, 5.41) is 0. The van der Waals surface area contributed by atoms with Gasteiger partial charge in [-0.05, 0) is 43.2 Å². The normalized spacial score (nSPS) is 24.8. The van der Waals surface area contributed by atoms with Crippen molar-refractivity contribution in [3.8, 4) is 0 Å². The number of para-hydroxylation sites is 1. The number of carbonyl (C=O) groups excluding carboxylic acids is 2. The van der Waals surface area contributed by atoms with Crippen molar-refractivity contribution in [1.82, 2.24) is 4.90 Å². The van der Waals surface area contributed by atoms with E-state index in [9.17, 15) is 14.0 Å². The van der Waals surface area contributed by atoms with Crippen LogP contribution in [-0.4, -0.2) is 48.1 Å².